The van der Waals surface area contributed by atoms with Gasteiger partial charge in [-0.05, 0) is 33.7 Å². The minimum Gasteiger partial charge on any atom is -0.489 e. The van der Waals surface area contributed by atoms with Crippen molar-refractivity contribution in [2.24, 2.45) is 0 Å². The Bertz CT molecular complexity index is 791. The standard InChI is InChI=1S/C17H17N5O3/c23-17(24)18-15(16-19-21-22-20-16)10-12-6-8-14(9-7-12)25-11-13-4-2-1-3-5-13/h1-9,15,18H,10-11H2,(H,23,24)(H,19,20,21,22). The molecule has 0 bridgehead atoms. The van der Waals surface area contributed by atoms with Gasteiger partial charge in [0.25, 0.3) is 0 Å². The number of aromatic amines is 1. The fourth-order valence-corrected chi connectivity index (χ4v) is 2.38. The molecule has 3 aromatic rings. The van der Waals surface area contributed by atoms with Gasteiger partial charge in [0.05, 0.1) is 6.04 Å². The molecule has 25 heavy (non-hydrogen) atoms. The van der Waals surface area contributed by atoms with Gasteiger partial charge >= 0.3 is 6.09 Å². The maximum Gasteiger partial charge on any atom is 0.405 e. The molecule has 1 aromatic heterocycles. The van der Waals surface area contributed by atoms with E-state index in [0.29, 0.717) is 18.9 Å². The summed E-state index contributed by atoms with van der Waals surface area (Å²) in [7, 11) is 0. The average molecular weight is 339 g/mol. The van der Waals surface area contributed by atoms with Crippen molar-refractivity contribution >= 4 is 6.09 Å². The Morgan fingerprint density at radius 3 is 2.52 bits per heavy atom. The predicted octanol–water partition coefficient (Wildman–Crippen LogP) is 2.33. The van der Waals surface area contributed by atoms with Crippen molar-refractivity contribution in [2.45, 2.75) is 19.1 Å². The molecule has 8 heteroatoms. The molecule has 0 aliphatic heterocycles. The molecule has 1 unspecified atom stereocenters. The first-order valence-electron chi connectivity index (χ1n) is 7.69. The molecular weight excluding hydrogens is 322 g/mol. The van der Waals surface area contributed by atoms with Crippen molar-refractivity contribution in [2.75, 3.05) is 0 Å². The number of ether oxygens (including phenoxy) is 1. The van der Waals surface area contributed by atoms with Crippen LogP contribution in [0.2, 0.25) is 0 Å². The van der Waals surface area contributed by atoms with Crippen LogP contribution < -0.4 is 10.1 Å². The van der Waals surface area contributed by atoms with Crippen molar-refractivity contribution in [1.82, 2.24) is 25.9 Å². The normalized spacial score (nSPS) is 11.7. The molecule has 1 heterocycles. The van der Waals surface area contributed by atoms with Gasteiger partial charge in [-0.3, -0.25) is 0 Å². The zero-order valence-corrected chi connectivity index (χ0v) is 13.3. The Balaban J connectivity index is 1.62. The number of aromatic nitrogens is 4. The maximum atomic E-state index is 11.0. The number of H-pyrrole nitrogens is 1. The molecule has 2 aromatic carbocycles. The van der Waals surface area contributed by atoms with Crippen LogP contribution in [0.25, 0.3) is 0 Å². The van der Waals surface area contributed by atoms with Crippen molar-refractivity contribution < 1.29 is 14.6 Å². The molecule has 3 N–H and O–H groups in total. The first kappa shape index (κ1) is 16.4. The second-order valence-corrected chi connectivity index (χ2v) is 5.41. The summed E-state index contributed by atoms with van der Waals surface area (Å²) in [4.78, 5) is 11.0. The van der Waals surface area contributed by atoms with E-state index in [1.807, 2.05) is 54.6 Å². The third kappa shape index (κ3) is 4.77. The van der Waals surface area contributed by atoms with Gasteiger partial charge in [-0.15, -0.1) is 5.10 Å². The van der Waals surface area contributed by atoms with Gasteiger partial charge in [0.2, 0.25) is 0 Å². The minimum atomic E-state index is -1.13. The molecule has 0 saturated heterocycles. The smallest absolute Gasteiger partial charge is 0.405 e. The number of hydrogen-bond donors (Lipinski definition) is 3. The van der Waals surface area contributed by atoms with E-state index in [1.165, 1.54) is 0 Å². The highest BCUT2D eigenvalue weighted by Crippen LogP contribution is 2.19. The van der Waals surface area contributed by atoms with Crippen LogP contribution in [0.3, 0.4) is 0 Å². The summed E-state index contributed by atoms with van der Waals surface area (Å²) in [6.45, 7) is 0.493. The van der Waals surface area contributed by atoms with Gasteiger partial charge in [0.1, 0.15) is 12.4 Å². The lowest BCUT2D eigenvalue weighted by atomic mass is 10.1. The molecule has 128 valence electrons. The largest absolute Gasteiger partial charge is 0.489 e. The van der Waals surface area contributed by atoms with Gasteiger partial charge < -0.3 is 15.2 Å². The number of amides is 1. The molecule has 0 saturated carbocycles. The van der Waals surface area contributed by atoms with Crippen LogP contribution in [0.4, 0.5) is 4.79 Å². The second kappa shape index (κ2) is 7.91. The lowest BCUT2D eigenvalue weighted by molar-refractivity contribution is 0.189. The summed E-state index contributed by atoms with van der Waals surface area (Å²) >= 11 is 0. The summed E-state index contributed by atoms with van der Waals surface area (Å²) in [6, 6.07) is 16.8. The van der Waals surface area contributed by atoms with Crippen LogP contribution in [0.15, 0.2) is 54.6 Å². The van der Waals surface area contributed by atoms with E-state index in [1.54, 1.807) is 0 Å². The minimum absolute atomic E-state index is 0.367. The quantitative estimate of drug-likeness (QED) is 0.609. The van der Waals surface area contributed by atoms with Gasteiger partial charge in [0.15, 0.2) is 5.82 Å². The maximum absolute atomic E-state index is 11.0. The highest BCUT2D eigenvalue weighted by atomic mass is 16.5. The number of rotatable bonds is 7. The van der Waals surface area contributed by atoms with Crippen LogP contribution in [-0.4, -0.2) is 31.8 Å². The summed E-state index contributed by atoms with van der Waals surface area (Å²) in [5, 5.41) is 24.7. The van der Waals surface area contributed by atoms with E-state index in [2.05, 4.69) is 25.9 Å². The lowest BCUT2D eigenvalue weighted by Gasteiger charge is -2.14. The molecule has 1 amide bonds. The first-order chi connectivity index (χ1) is 12.2. The third-order valence-corrected chi connectivity index (χ3v) is 3.60. The fraction of sp³-hybridized carbons (Fsp3) is 0.176. The average Bonchev–Trinajstić information content (AvgIpc) is 3.16. The second-order valence-electron chi connectivity index (χ2n) is 5.41. The molecule has 0 aliphatic rings. The SMILES string of the molecule is O=C(O)NC(Cc1ccc(OCc2ccccc2)cc1)c1nnn[nH]1. The van der Waals surface area contributed by atoms with E-state index < -0.39 is 12.1 Å². The van der Waals surface area contributed by atoms with Crippen molar-refractivity contribution in [1.29, 1.82) is 0 Å². The Hall–Kier alpha value is -3.42. The van der Waals surface area contributed by atoms with Crippen LogP contribution in [-0.2, 0) is 13.0 Å². The molecule has 0 fully saturated rings. The number of tetrazole rings is 1. The number of nitrogens with zero attached hydrogens (tertiary/aromatic N) is 3. The van der Waals surface area contributed by atoms with Crippen LogP contribution in [0.5, 0.6) is 5.75 Å². The van der Waals surface area contributed by atoms with Gasteiger partial charge in [-0.2, -0.15) is 0 Å². The molecule has 8 nitrogen and oxygen atoms in total. The highest BCUT2D eigenvalue weighted by Gasteiger charge is 2.18. The Kier molecular flexibility index (Phi) is 5.20. The predicted molar refractivity (Wildman–Crippen MR) is 89.0 cm³/mol. The zero-order chi connectivity index (χ0) is 17.5. The van der Waals surface area contributed by atoms with Crippen molar-refractivity contribution in [3.05, 3.63) is 71.5 Å². The highest BCUT2D eigenvalue weighted by molar-refractivity contribution is 5.65. The first-order valence-corrected chi connectivity index (χ1v) is 7.69. The Morgan fingerprint density at radius 2 is 1.88 bits per heavy atom. The fourth-order valence-electron chi connectivity index (χ4n) is 2.38. The number of carbonyl (C=O) groups is 1. The summed E-state index contributed by atoms with van der Waals surface area (Å²) in [5.74, 6) is 1.11. The monoisotopic (exact) mass is 339 g/mol. The van der Waals surface area contributed by atoms with Gasteiger partial charge in [0, 0.05) is 6.42 Å². The van der Waals surface area contributed by atoms with Crippen molar-refractivity contribution in [3.8, 4) is 5.75 Å². The molecule has 0 radical (unpaired) electrons. The van der Waals surface area contributed by atoms with Gasteiger partial charge in [-0.25, -0.2) is 9.89 Å². The summed E-state index contributed by atoms with van der Waals surface area (Å²) < 4.78 is 5.74. The van der Waals surface area contributed by atoms with Gasteiger partial charge in [-0.1, -0.05) is 42.5 Å². The Morgan fingerprint density at radius 1 is 1.12 bits per heavy atom. The van der Waals surface area contributed by atoms with E-state index >= 15 is 0 Å². The van der Waals surface area contributed by atoms with Crippen LogP contribution in [0.1, 0.15) is 23.0 Å². The van der Waals surface area contributed by atoms with Crippen molar-refractivity contribution in [3.63, 3.8) is 0 Å². The number of hydrogen-bond acceptors (Lipinski definition) is 5. The third-order valence-electron chi connectivity index (χ3n) is 3.60. The van der Waals surface area contributed by atoms with Crippen LogP contribution >= 0.6 is 0 Å². The number of benzene rings is 2. The van der Waals surface area contributed by atoms with Crippen LogP contribution in [0, 0.1) is 0 Å². The van der Waals surface area contributed by atoms with E-state index in [4.69, 9.17) is 9.84 Å². The topological polar surface area (TPSA) is 113 Å². The lowest BCUT2D eigenvalue weighted by Crippen LogP contribution is -2.29. The van der Waals surface area contributed by atoms with E-state index in [-0.39, 0.29) is 0 Å². The summed E-state index contributed by atoms with van der Waals surface area (Å²) in [5.41, 5.74) is 2.03. The summed E-state index contributed by atoms with van der Waals surface area (Å²) in [6.07, 6.45) is -0.716. The molecular formula is C17H17N5O3. The zero-order valence-electron chi connectivity index (χ0n) is 13.3. The molecule has 0 aliphatic carbocycles. The molecule has 1 atom stereocenters. The number of nitrogens with one attached hydrogen (secondary N) is 2. The van der Waals surface area contributed by atoms with E-state index in [9.17, 15) is 4.79 Å². The van der Waals surface area contributed by atoms with E-state index in [0.717, 1.165) is 16.9 Å². The molecule has 0 spiro atoms. The number of carboxylic acid groups (broad SMARTS) is 1. The Labute approximate surface area is 143 Å². The molecule has 3 rings (SSSR count).